The number of carbonyl (C=O) groups is 1. The molecule has 1 amide bonds. The van der Waals surface area contributed by atoms with Crippen LogP contribution in [0.15, 0.2) is 41.2 Å². The molecule has 1 aromatic carbocycles. The van der Waals surface area contributed by atoms with Crippen molar-refractivity contribution in [3.05, 3.63) is 63.8 Å². The van der Waals surface area contributed by atoms with Gasteiger partial charge in [-0.3, -0.25) is 4.79 Å². The molecule has 156 valence electrons. The molecule has 7 heteroatoms. The Morgan fingerprint density at radius 1 is 1.34 bits per heavy atom. The number of benzene rings is 1. The SMILES string of the molecule is CC(C)Cc1cc(C(=O)N2CC[C@@H](O)[C@@](CO)(Cc3ccccc3)C2)nc(=O)[nH]1. The topological polar surface area (TPSA) is 107 Å². The van der Waals surface area contributed by atoms with Crippen molar-refractivity contribution in [3.8, 4) is 0 Å². The van der Waals surface area contributed by atoms with E-state index in [1.54, 1.807) is 11.0 Å². The Balaban J connectivity index is 1.85. The predicted molar refractivity (Wildman–Crippen MR) is 110 cm³/mol. The van der Waals surface area contributed by atoms with Crippen LogP contribution in [-0.4, -0.2) is 56.8 Å². The second kappa shape index (κ2) is 8.88. The minimum absolute atomic E-state index is 0.104. The zero-order valence-corrected chi connectivity index (χ0v) is 17.0. The number of piperidine rings is 1. The third-order valence-electron chi connectivity index (χ3n) is 5.53. The zero-order chi connectivity index (χ0) is 21.0. The number of aliphatic hydroxyl groups excluding tert-OH is 2. The molecular formula is C22H29N3O4. The van der Waals surface area contributed by atoms with Crippen LogP contribution >= 0.6 is 0 Å². The lowest BCUT2D eigenvalue weighted by Crippen LogP contribution is -2.56. The number of aliphatic hydroxyl groups is 2. The molecule has 0 saturated carbocycles. The smallest absolute Gasteiger partial charge is 0.345 e. The van der Waals surface area contributed by atoms with Crippen molar-refractivity contribution in [1.82, 2.24) is 14.9 Å². The van der Waals surface area contributed by atoms with Crippen LogP contribution in [0.4, 0.5) is 0 Å². The molecule has 1 saturated heterocycles. The first kappa shape index (κ1) is 21.2. The number of amides is 1. The van der Waals surface area contributed by atoms with Crippen LogP contribution in [0.3, 0.4) is 0 Å². The number of aromatic amines is 1. The van der Waals surface area contributed by atoms with E-state index in [-0.39, 0.29) is 24.8 Å². The van der Waals surface area contributed by atoms with Crippen molar-refractivity contribution in [1.29, 1.82) is 0 Å². The Labute approximate surface area is 170 Å². The van der Waals surface area contributed by atoms with E-state index >= 15 is 0 Å². The Hall–Kier alpha value is -2.51. The largest absolute Gasteiger partial charge is 0.396 e. The van der Waals surface area contributed by atoms with Gasteiger partial charge in [0.2, 0.25) is 0 Å². The molecule has 0 unspecified atom stereocenters. The van der Waals surface area contributed by atoms with E-state index < -0.39 is 17.2 Å². The first-order valence-electron chi connectivity index (χ1n) is 10.1. The molecule has 2 heterocycles. The molecule has 3 rings (SSSR count). The summed E-state index contributed by atoms with van der Waals surface area (Å²) in [7, 11) is 0. The number of carbonyl (C=O) groups excluding carboxylic acids is 1. The van der Waals surface area contributed by atoms with Crippen molar-refractivity contribution in [2.75, 3.05) is 19.7 Å². The molecular weight excluding hydrogens is 370 g/mol. The maximum absolute atomic E-state index is 13.1. The van der Waals surface area contributed by atoms with E-state index in [0.717, 1.165) is 5.56 Å². The van der Waals surface area contributed by atoms with E-state index in [1.165, 1.54) is 0 Å². The highest BCUT2D eigenvalue weighted by Crippen LogP contribution is 2.34. The number of hydrogen-bond donors (Lipinski definition) is 3. The normalized spacial score (nSPS) is 22.1. The van der Waals surface area contributed by atoms with Gasteiger partial charge in [0.15, 0.2) is 0 Å². The third-order valence-corrected chi connectivity index (χ3v) is 5.53. The van der Waals surface area contributed by atoms with Crippen molar-refractivity contribution in [2.24, 2.45) is 11.3 Å². The van der Waals surface area contributed by atoms with Gasteiger partial charge in [-0.15, -0.1) is 0 Å². The Morgan fingerprint density at radius 3 is 2.72 bits per heavy atom. The lowest BCUT2D eigenvalue weighted by Gasteiger charge is -2.45. The van der Waals surface area contributed by atoms with Gasteiger partial charge in [0, 0.05) is 24.2 Å². The second-order valence-electron chi connectivity index (χ2n) is 8.41. The summed E-state index contributed by atoms with van der Waals surface area (Å²) < 4.78 is 0. The van der Waals surface area contributed by atoms with Gasteiger partial charge in [0.25, 0.3) is 5.91 Å². The van der Waals surface area contributed by atoms with Crippen LogP contribution in [0, 0.1) is 11.3 Å². The van der Waals surface area contributed by atoms with Crippen LogP contribution in [0.5, 0.6) is 0 Å². The molecule has 1 aliphatic rings. The maximum atomic E-state index is 13.1. The lowest BCUT2D eigenvalue weighted by atomic mass is 9.73. The van der Waals surface area contributed by atoms with Crippen LogP contribution in [0.2, 0.25) is 0 Å². The summed E-state index contributed by atoms with van der Waals surface area (Å²) in [5.41, 5.74) is 0.382. The van der Waals surface area contributed by atoms with Crippen molar-refractivity contribution < 1.29 is 15.0 Å². The fraction of sp³-hybridized carbons (Fsp3) is 0.500. The molecule has 29 heavy (non-hydrogen) atoms. The van der Waals surface area contributed by atoms with Crippen molar-refractivity contribution in [2.45, 2.75) is 39.2 Å². The fourth-order valence-corrected chi connectivity index (χ4v) is 4.04. The molecule has 3 N–H and O–H groups in total. The summed E-state index contributed by atoms with van der Waals surface area (Å²) in [5, 5.41) is 20.8. The molecule has 0 spiro atoms. The highest BCUT2D eigenvalue weighted by atomic mass is 16.3. The number of aromatic nitrogens is 2. The minimum Gasteiger partial charge on any atom is -0.396 e. The lowest BCUT2D eigenvalue weighted by molar-refractivity contribution is -0.0669. The van der Waals surface area contributed by atoms with Gasteiger partial charge < -0.3 is 20.1 Å². The zero-order valence-electron chi connectivity index (χ0n) is 17.0. The van der Waals surface area contributed by atoms with Crippen LogP contribution in [-0.2, 0) is 12.8 Å². The predicted octanol–water partition coefficient (Wildman–Crippen LogP) is 1.40. The standard InChI is InChI=1S/C22H29N3O4/c1-15(2)10-17-11-18(24-21(29)23-17)20(28)25-9-8-19(27)22(13-25,14-26)12-16-6-4-3-5-7-16/h3-7,11,15,19,26-27H,8-10,12-14H2,1-2H3,(H,23,24,29)/t19-,22+/m1/s1. The monoisotopic (exact) mass is 399 g/mol. The number of nitrogens with one attached hydrogen (secondary N) is 1. The first-order valence-corrected chi connectivity index (χ1v) is 10.1. The summed E-state index contributed by atoms with van der Waals surface area (Å²) in [6, 6.07) is 11.3. The molecule has 0 radical (unpaired) electrons. The molecule has 0 aliphatic carbocycles. The summed E-state index contributed by atoms with van der Waals surface area (Å²) in [6.07, 6.45) is 0.740. The van der Waals surface area contributed by atoms with Gasteiger partial charge in [-0.1, -0.05) is 44.2 Å². The Bertz CT molecular complexity index is 896. The van der Waals surface area contributed by atoms with Crippen molar-refractivity contribution >= 4 is 5.91 Å². The highest BCUT2D eigenvalue weighted by molar-refractivity contribution is 5.92. The summed E-state index contributed by atoms with van der Waals surface area (Å²) in [4.78, 5) is 33.2. The number of H-pyrrole nitrogens is 1. The summed E-state index contributed by atoms with van der Waals surface area (Å²) >= 11 is 0. The average Bonchev–Trinajstić information content (AvgIpc) is 2.69. The molecule has 1 aliphatic heterocycles. The van der Waals surface area contributed by atoms with Crippen LogP contribution in [0.1, 0.15) is 42.0 Å². The highest BCUT2D eigenvalue weighted by Gasteiger charge is 2.44. The van der Waals surface area contributed by atoms with E-state index in [2.05, 4.69) is 9.97 Å². The van der Waals surface area contributed by atoms with Gasteiger partial charge >= 0.3 is 5.69 Å². The van der Waals surface area contributed by atoms with E-state index in [1.807, 2.05) is 44.2 Å². The number of hydrogen-bond acceptors (Lipinski definition) is 5. The Kier molecular flexibility index (Phi) is 6.49. The molecule has 1 fully saturated rings. The molecule has 2 atom stereocenters. The summed E-state index contributed by atoms with van der Waals surface area (Å²) in [6.45, 7) is 4.38. The quantitative estimate of drug-likeness (QED) is 0.681. The molecule has 2 aromatic rings. The fourth-order valence-electron chi connectivity index (χ4n) is 4.04. The van der Waals surface area contributed by atoms with E-state index in [0.29, 0.717) is 37.4 Å². The van der Waals surface area contributed by atoms with Crippen LogP contribution in [0.25, 0.3) is 0 Å². The van der Waals surface area contributed by atoms with Gasteiger partial charge in [0.1, 0.15) is 5.69 Å². The summed E-state index contributed by atoms with van der Waals surface area (Å²) in [5.74, 6) is -0.0204. The molecule has 0 bridgehead atoms. The van der Waals surface area contributed by atoms with Gasteiger partial charge in [0.05, 0.1) is 12.7 Å². The molecule has 1 aromatic heterocycles. The van der Waals surface area contributed by atoms with Gasteiger partial charge in [-0.2, -0.15) is 4.98 Å². The van der Waals surface area contributed by atoms with E-state index in [9.17, 15) is 19.8 Å². The average molecular weight is 399 g/mol. The first-order chi connectivity index (χ1) is 13.8. The van der Waals surface area contributed by atoms with Gasteiger partial charge in [-0.25, -0.2) is 4.79 Å². The minimum atomic E-state index is -0.850. The molecule has 7 nitrogen and oxygen atoms in total. The Morgan fingerprint density at radius 2 is 2.07 bits per heavy atom. The number of nitrogens with zero attached hydrogens (tertiary/aromatic N) is 2. The van der Waals surface area contributed by atoms with Crippen LogP contribution < -0.4 is 5.69 Å². The third kappa shape index (κ3) is 4.92. The number of likely N-dealkylation sites (tertiary alicyclic amines) is 1. The second-order valence-corrected chi connectivity index (χ2v) is 8.41. The number of rotatable bonds is 6. The maximum Gasteiger partial charge on any atom is 0.345 e. The van der Waals surface area contributed by atoms with E-state index in [4.69, 9.17) is 0 Å². The van der Waals surface area contributed by atoms with Crippen molar-refractivity contribution in [3.63, 3.8) is 0 Å². The van der Waals surface area contributed by atoms with Gasteiger partial charge in [-0.05, 0) is 36.8 Å².